The van der Waals surface area contributed by atoms with Crippen LogP contribution in [0.5, 0.6) is 5.75 Å². The van der Waals surface area contributed by atoms with Gasteiger partial charge in [-0.2, -0.15) is 5.10 Å². The Hall–Kier alpha value is -1.99. The minimum atomic E-state index is -3.61. The van der Waals surface area contributed by atoms with E-state index < -0.39 is 9.84 Å². The molecule has 1 N–H and O–H groups in total. The molecule has 0 atom stereocenters. The van der Waals surface area contributed by atoms with E-state index in [1.807, 2.05) is 0 Å². The number of benzene rings is 1. The number of rotatable bonds is 6. The van der Waals surface area contributed by atoms with Crippen LogP contribution in [-0.4, -0.2) is 38.6 Å². The number of H-pyrrole nitrogens is 1. The molecule has 1 heterocycles. The van der Waals surface area contributed by atoms with E-state index >= 15 is 0 Å². The molecule has 0 spiro atoms. The van der Waals surface area contributed by atoms with Crippen LogP contribution < -0.4 is 4.74 Å². The molecule has 1 aromatic heterocycles. The van der Waals surface area contributed by atoms with Crippen molar-refractivity contribution in [2.45, 2.75) is 5.03 Å². The minimum absolute atomic E-state index is 0.0637. The number of halogens is 1. The van der Waals surface area contributed by atoms with Crippen LogP contribution in [0.3, 0.4) is 0 Å². The van der Waals surface area contributed by atoms with Gasteiger partial charge in [-0.05, 0) is 18.2 Å². The summed E-state index contributed by atoms with van der Waals surface area (Å²) in [6.07, 6.45) is 2.72. The predicted octanol–water partition coefficient (Wildman–Crippen LogP) is 2.53. The number of hydrogen-bond acceptors (Lipinski definition) is 5. The Kier molecular flexibility index (Phi) is 5.10. The third-order valence-corrected chi connectivity index (χ3v) is 4.87. The largest absolute Gasteiger partial charge is 0.497 e. The van der Waals surface area contributed by atoms with Crippen molar-refractivity contribution in [1.82, 2.24) is 10.2 Å². The maximum Gasteiger partial charge on any atom is 0.200 e. The molecular formula is C14H15ClN2O4S. The third kappa shape index (κ3) is 3.61. The molecule has 1 aromatic carbocycles. The van der Waals surface area contributed by atoms with E-state index in [1.54, 1.807) is 31.4 Å². The zero-order valence-electron chi connectivity index (χ0n) is 12.0. The van der Waals surface area contributed by atoms with Crippen molar-refractivity contribution in [1.29, 1.82) is 0 Å². The number of sulfone groups is 1. The predicted molar refractivity (Wildman–Crippen MR) is 83.6 cm³/mol. The molecule has 0 saturated heterocycles. The first kappa shape index (κ1) is 16.4. The Bertz CT molecular complexity index is 784. The van der Waals surface area contributed by atoms with Gasteiger partial charge in [-0.3, -0.25) is 5.10 Å². The van der Waals surface area contributed by atoms with Crippen molar-refractivity contribution >= 4 is 27.2 Å². The average Bonchev–Trinajstić information content (AvgIpc) is 2.95. The summed E-state index contributed by atoms with van der Waals surface area (Å²) in [6, 6.07) is 7.14. The Morgan fingerprint density at radius 3 is 2.77 bits per heavy atom. The van der Waals surface area contributed by atoms with Crippen molar-refractivity contribution in [3.63, 3.8) is 0 Å². The van der Waals surface area contributed by atoms with Gasteiger partial charge in [-0.1, -0.05) is 23.7 Å². The van der Waals surface area contributed by atoms with Gasteiger partial charge in [0, 0.05) is 5.56 Å². The highest BCUT2D eigenvalue weighted by atomic mass is 35.5. The van der Waals surface area contributed by atoms with Crippen molar-refractivity contribution in [2.75, 3.05) is 20.0 Å². The molecule has 8 heteroatoms. The zero-order chi connectivity index (χ0) is 16.2. The van der Waals surface area contributed by atoms with Gasteiger partial charge in [-0.25, -0.2) is 8.42 Å². The van der Waals surface area contributed by atoms with E-state index in [1.165, 1.54) is 19.4 Å². The summed E-state index contributed by atoms with van der Waals surface area (Å²) >= 11 is 5.79. The van der Waals surface area contributed by atoms with Gasteiger partial charge in [0.1, 0.15) is 11.5 Å². The Balaban J connectivity index is 2.28. The normalized spacial score (nSPS) is 12.2. The van der Waals surface area contributed by atoms with Crippen LogP contribution in [-0.2, 0) is 14.6 Å². The van der Waals surface area contributed by atoms with Gasteiger partial charge >= 0.3 is 0 Å². The second-order valence-corrected chi connectivity index (χ2v) is 6.71. The summed E-state index contributed by atoms with van der Waals surface area (Å²) in [7, 11) is -0.585. The highest BCUT2D eigenvalue weighted by Gasteiger charge is 2.19. The monoisotopic (exact) mass is 342 g/mol. The summed E-state index contributed by atoms with van der Waals surface area (Å²) < 4.78 is 34.8. The van der Waals surface area contributed by atoms with Gasteiger partial charge in [-0.15, -0.1) is 0 Å². The maximum absolute atomic E-state index is 12.2. The summed E-state index contributed by atoms with van der Waals surface area (Å²) in [5.74, 6) is 0.813. The molecule has 0 amide bonds. The lowest BCUT2D eigenvalue weighted by molar-refractivity contribution is 0.368. The van der Waals surface area contributed by atoms with Gasteiger partial charge in [0.2, 0.25) is 0 Å². The Morgan fingerprint density at radius 2 is 2.18 bits per heavy atom. The molecule has 0 radical (unpaired) electrons. The van der Waals surface area contributed by atoms with Crippen molar-refractivity contribution in [3.05, 3.63) is 47.1 Å². The molecule has 0 aliphatic carbocycles. The van der Waals surface area contributed by atoms with Gasteiger partial charge in [0.15, 0.2) is 14.9 Å². The van der Waals surface area contributed by atoms with E-state index in [4.69, 9.17) is 21.1 Å². The second-order valence-electron chi connectivity index (χ2n) is 4.33. The van der Waals surface area contributed by atoms with E-state index in [2.05, 4.69) is 10.2 Å². The van der Waals surface area contributed by atoms with E-state index in [0.717, 1.165) is 0 Å². The Morgan fingerprint density at radius 1 is 1.41 bits per heavy atom. The van der Waals surface area contributed by atoms with Crippen LogP contribution in [0, 0.1) is 0 Å². The van der Waals surface area contributed by atoms with Gasteiger partial charge < -0.3 is 9.47 Å². The van der Waals surface area contributed by atoms with Crippen molar-refractivity contribution in [2.24, 2.45) is 0 Å². The molecule has 2 aromatic rings. The summed E-state index contributed by atoms with van der Waals surface area (Å²) in [5.41, 5.74) is 0.716. The number of aromatic amines is 1. The van der Waals surface area contributed by atoms with Crippen LogP contribution in [0.15, 0.2) is 41.6 Å². The summed E-state index contributed by atoms with van der Waals surface area (Å²) in [4.78, 5) is 0. The molecule has 0 aliphatic heterocycles. The third-order valence-electron chi connectivity index (χ3n) is 2.93. The SMILES string of the molecule is COC(=CCS(=O)(=O)c1[nH]ncc1Cl)c1cccc(OC)c1. The van der Waals surface area contributed by atoms with Gasteiger partial charge in [0.25, 0.3) is 0 Å². The van der Waals surface area contributed by atoms with Crippen LogP contribution in [0.25, 0.3) is 5.76 Å². The van der Waals surface area contributed by atoms with E-state index in [-0.39, 0.29) is 15.8 Å². The molecule has 0 unspecified atom stereocenters. The molecule has 0 saturated carbocycles. The molecular weight excluding hydrogens is 328 g/mol. The second kappa shape index (κ2) is 6.85. The highest BCUT2D eigenvalue weighted by molar-refractivity contribution is 7.91. The summed E-state index contributed by atoms with van der Waals surface area (Å²) in [5, 5.41) is 5.96. The fourth-order valence-corrected chi connectivity index (χ4v) is 3.36. The van der Waals surface area contributed by atoms with Crippen molar-refractivity contribution < 1.29 is 17.9 Å². The van der Waals surface area contributed by atoms with E-state index in [0.29, 0.717) is 17.1 Å². The highest BCUT2D eigenvalue weighted by Crippen LogP contribution is 2.23. The maximum atomic E-state index is 12.2. The number of hydrogen-bond donors (Lipinski definition) is 1. The summed E-state index contributed by atoms with van der Waals surface area (Å²) in [6.45, 7) is 0. The minimum Gasteiger partial charge on any atom is -0.497 e. The van der Waals surface area contributed by atoms with Crippen LogP contribution >= 0.6 is 11.6 Å². The zero-order valence-corrected chi connectivity index (χ0v) is 13.6. The average molecular weight is 343 g/mol. The molecule has 118 valence electrons. The first-order chi connectivity index (χ1) is 10.5. The van der Waals surface area contributed by atoms with Crippen LogP contribution in [0.1, 0.15) is 5.56 Å². The number of nitrogens with zero attached hydrogens (tertiary/aromatic N) is 1. The standard InChI is InChI=1S/C14H15ClN2O4S/c1-20-11-5-3-4-10(8-11)13(21-2)6-7-22(18,19)14-12(15)9-16-17-14/h3-6,8-9H,7H2,1-2H3,(H,16,17). The lowest BCUT2D eigenvalue weighted by atomic mass is 10.2. The molecule has 0 bridgehead atoms. The number of aromatic nitrogens is 2. The van der Waals surface area contributed by atoms with Crippen LogP contribution in [0.2, 0.25) is 5.02 Å². The fraction of sp³-hybridized carbons (Fsp3) is 0.214. The van der Waals surface area contributed by atoms with E-state index in [9.17, 15) is 8.42 Å². The lowest BCUT2D eigenvalue weighted by Crippen LogP contribution is -2.07. The first-order valence-corrected chi connectivity index (χ1v) is 8.31. The number of nitrogens with one attached hydrogen (secondary N) is 1. The quantitative estimate of drug-likeness (QED) is 0.816. The van der Waals surface area contributed by atoms with Gasteiger partial charge in [0.05, 0.1) is 31.2 Å². The van der Waals surface area contributed by atoms with Crippen molar-refractivity contribution in [3.8, 4) is 5.75 Å². The molecule has 6 nitrogen and oxygen atoms in total. The Labute approximate surface area is 133 Å². The first-order valence-electron chi connectivity index (χ1n) is 6.28. The van der Waals surface area contributed by atoms with Crippen LogP contribution in [0.4, 0.5) is 0 Å². The number of ether oxygens (including phenoxy) is 2. The molecule has 22 heavy (non-hydrogen) atoms. The topological polar surface area (TPSA) is 81.3 Å². The molecule has 0 aliphatic rings. The lowest BCUT2D eigenvalue weighted by Gasteiger charge is -2.08. The molecule has 2 rings (SSSR count). The molecule has 0 fully saturated rings. The smallest absolute Gasteiger partial charge is 0.200 e. The fourth-order valence-electron chi connectivity index (χ4n) is 1.84. The number of methoxy groups -OCH3 is 2.